The Bertz CT molecular complexity index is 464. The summed E-state index contributed by atoms with van der Waals surface area (Å²) in [6.07, 6.45) is -1.83. The van der Waals surface area contributed by atoms with E-state index in [4.69, 9.17) is 0 Å². The highest BCUT2D eigenvalue weighted by atomic mass is 33.1. The average molecular weight is 334 g/mol. The standard InChI is InChI=1S/C8H14O6S4/c9-5-1-17(11,12)3-7(5)15-16-8-4-18(13,14)2-6(8)10/h5-10H,1-4H2. The highest BCUT2D eigenvalue weighted by molar-refractivity contribution is 8.77. The second-order valence-electron chi connectivity index (χ2n) is 4.56. The smallest absolute Gasteiger partial charge is 0.154 e. The lowest BCUT2D eigenvalue weighted by atomic mass is 10.3. The Kier molecular flexibility index (Phi) is 4.25. The van der Waals surface area contributed by atoms with Gasteiger partial charge in [-0.05, 0) is 0 Å². The van der Waals surface area contributed by atoms with Crippen molar-refractivity contribution in [3.8, 4) is 0 Å². The first-order valence-corrected chi connectivity index (χ1v) is 11.2. The van der Waals surface area contributed by atoms with Crippen molar-refractivity contribution in [3.63, 3.8) is 0 Å². The van der Waals surface area contributed by atoms with Crippen LogP contribution in [0.2, 0.25) is 0 Å². The molecule has 4 atom stereocenters. The Hall–Kier alpha value is 0.520. The molecule has 2 saturated heterocycles. The van der Waals surface area contributed by atoms with Gasteiger partial charge in [0.2, 0.25) is 0 Å². The Morgan fingerprint density at radius 2 is 1.06 bits per heavy atom. The third-order valence-corrected chi connectivity index (χ3v) is 10.1. The summed E-state index contributed by atoms with van der Waals surface area (Å²) in [5.74, 6) is -0.670. The largest absolute Gasteiger partial charge is 0.391 e. The van der Waals surface area contributed by atoms with Gasteiger partial charge < -0.3 is 10.2 Å². The maximum Gasteiger partial charge on any atom is 0.154 e. The van der Waals surface area contributed by atoms with E-state index in [1.54, 1.807) is 0 Å². The van der Waals surface area contributed by atoms with Crippen LogP contribution < -0.4 is 0 Å². The lowest BCUT2D eigenvalue weighted by molar-refractivity contribution is 0.206. The van der Waals surface area contributed by atoms with Crippen LogP contribution in [-0.2, 0) is 19.7 Å². The van der Waals surface area contributed by atoms with Crippen LogP contribution in [0.5, 0.6) is 0 Å². The molecule has 2 N–H and O–H groups in total. The Balaban J connectivity index is 1.90. The van der Waals surface area contributed by atoms with E-state index in [1.807, 2.05) is 0 Å². The molecule has 0 aromatic rings. The molecule has 106 valence electrons. The summed E-state index contributed by atoms with van der Waals surface area (Å²) in [6, 6.07) is 0. The predicted octanol–water partition coefficient (Wildman–Crippen LogP) is -1.32. The van der Waals surface area contributed by atoms with Crippen molar-refractivity contribution in [1.82, 2.24) is 0 Å². The monoisotopic (exact) mass is 334 g/mol. The molecule has 0 radical (unpaired) electrons. The number of aliphatic hydroxyl groups is 2. The van der Waals surface area contributed by atoms with Crippen molar-refractivity contribution in [2.24, 2.45) is 0 Å². The molecular formula is C8H14O6S4. The topological polar surface area (TPSA) is 109 Å². The molecule has 0 spiro atoms. The van der Waals surface area contributed by atoms with Gasteiger partial charge >= 0.3 is 0 Å². The van der Waals surface area contributed by atoms with Crippen molar-refractivity contribution >= 4 is 41.3 Å². The van der Waals surface area contributed by atoms with Crippen LogP contribution in [0, 0.1) is 0 Å². The van der Waals surface area contributed by atoms with E-state index in [0.717, 1.165) is 21.6 Å². The van der Waals surface area contributed by atoms with E-state index in [-0.39, 0.29) is 23.0 Å². The fourth-order valence-electron chi connectivity index (χ4n) is 1.92. The van der Waals surface area contributed by atoms with Gasteiger partial charge in [-0.1, -0.05) is 21.6 Å². The predicted molar refractivity (Wildman–Crippen MR) is 72.1 cm³/mol. The summed E-state index contributed by atoms with van der Waals surface area (Å²) < 4.78 is 45.1. The van der Waals surface area contributed by atoms with Crippen LogP contribution in [0.1, 0.15) is 0 Å². The summed E-state index contributed by atoms with van der Waals surface area (Å²) in [6.45, 7) is 0. The van der Waals surface area contributed by atoms with Crippen LogP contribution in [-0.4, -0.2) is 72.8 Å². The molecule has 2 aliphatic heterocycles. The Morgan fingerprint density at radius 1 is 0.722 bits per heavy atom. The number of hydrogen-bond donors (Lipinski definition) is 2. The summed E-state index contributed by atoms with van der Waals surface area (Å²) in [7, 11) is -4.06. The summed E-state index contributed by atoms with van der Waals surface area (Å²) >= 11 is 0. The zero-order valence-electron chi connectivity index (χ0n) is 9.30. The summed E-state index contributed by atoms with van der Waals surface area (Å²) in [5, 5.41) is 18.2. The van der Waals surface area contributed by atoms with Gasteiger partial charge in [0.05, 0.1) is 45.7 Å². The lowest BCUT2D eigenvalue weighted by Gasteiger charge is -2.15. The van der Waals surface area contributed by atoms with Crippen molar-refractivity contribution < 1.29 is 27.0 Å². The van der Waals surface area contributed by atoms with Crippen molar-refractivity contribution in [2.75, 3.05) is 23.0 Å². The maximum atomic E-state index is 11.3. The van der Waals surface area contributed by atoms with Crippen LogP contribution in [0.15, 0.2) is 0 Å². The zero-order chi connectivity index (χ0) is 13.6. The molecule has 4 unspecified atom stereocenters. The van der Waals surface area contributed by atoms with E-state index < -0.39 is 42.4 Å². The molecule has 0 bridgehead atoms. The van der Waals surface area contributed by atoms with Crippen molar-refractivity contribution in [1.29, 1.82) is 0 Å². The quantitative estimate of drug-likeness (QED) is 0.612. The highest BCUT2D eigenvalue weighted by Crippen LogP contribution is 2.40. The van der Waals surface area contributed by atoms with Gasteiger partial charge in [-0.15, -0.1) is 0 Å². The first-order chi connectivity index (χ1) is 8.19. The van der Waals surface area contributed by atoms with Gasteiger partial charge in [-0.25, -0.2) is 16.8 Å². The minimum Gasteiger partial charge on any atom is -0.391 e. The van der Waals surface area contributed by atoms with Crippen LogP contribution >= 0.6 is 21.6 Å². The van der Waals surface area contributed by atoms with Crippen LogP contribution in [0.25, 0.3) is 0 Å². The summed E-state index contributed by atoms with van der Waals surface area (Å²) in [4.78, 5) is 0. The minimum atomic E-state index is -3.19. The van der Waals surface area contributed by atoms with Gasteiger partial charge in [0.15, 0.2) is 19.7 Å². The third kappa shape index (κ3) is 3.54. The van der Waals surface area contributed by atoms with Crippen LogP contribution in [0.4, 0.5) is 0 Å². The lowest BCUT2D eigenvalue weighted by Crippen LogP contribution is -2.22. The van der Waals surface area contributed by atoms with Crippen molar-refractivity contribution in [3.05, 3.63) is 0 Å². The molecule has 10 heteroatoms. The molecule has 6 nitrogen and oxygen atoms in total. The average Bonchev–Trinajstić information content (AvgIpc) is 2.59. The molecular weight excluding hydrogens is 320 g/mol. The molecule has 0 aromatic carbocycles. The molecule has 0 aliphatic carbocycles. The minimum absolute atomic E-state index is 0.0958. The molecule has 2 heterocycles. The molecule has 2 aliphatic rings. The molecule has 0 saturated carbocycles. The van der Waals surface area contributed by atoms with Crippen LogP contribution in [0.3, 0.4) is 0 Å². The van der Waals surface area contributed by atoms with E-state index in [2.05, 4.69) is 0 Å². The van der Waals surface area contributed by atoms with Gasteiger partial charge in [0.1, 0.15) is 0 Å². The van der Waals surface area contributed by atoms with Gasteiger partial charge in [-0.2, -0.15) is 0 Å². The fourth-order valence-corrected chi connectivity index (χ4v) is 10.4. The molecule has 2 rings (SSSR count). The number of aliphatic hydroxyl groups excluding tert-OH is 2. The van der Waals surface area contributed by atoms with E-state index >= 15 is 0 Å². The molecule has 0 aromatic heterocycles. The summed E-state index contributed by atoms with van der Waals surface area (Å²) in [5.41, 5.74) is 0. The normalized spacial score (nSPS) is 42.1. The second-order valence-corrected chi connectivity index (χ2v) is 11.6. The zero-order valence-corrected chi connectivity index (χ0v) is 12.6. The SMILES string of the molecule is O=S1(=O)CC(O)C(SSC2CS(=O)(=O)CC2O)C1. The molecule has 18 heavy (non-hydrogen) atoms. The van der Waals surface area contributed by atoms with E-state index in [0.29, 0.717) is 0 Å². The second kappa shape index (κ2) is 5.13. The van der Waals surface area contributed by atoms with Gasteiger partial charge in [-0.3, -0.25) is 0 Å². The highest BCUT2D eigenvalue weighted by Gasteiger charge is 2.41. The van der Waals surface area contributed by atoms with Crippen molar-refractivity contribution in [2.45, 2.75) is 22.7 Å². The Labute approximate surface area is 114 Å². The number of rotatable bonds is 3. The van der Waals surface area contributed by atoms with Gasteiger partial charge in [0.25, 0.3) is 0 Å². The van der Waals surface area contributed by atoms with Gasteiger partial charge in [0, 0.05) is 0 Å². The number of hydrogen-bond acceptors (Lipinski definition) is 8. The molecule has 0 amide bonds. The first-order valence-electron chi connectivity index (χ1n) is 5.28. The molecule has 2 fully saturated rings. The fraction of sp³-hybridized carbons (Fsp3) is 1.00. The van der Waals surface area contributed by atoms with E-state index in [9.17, 15) is 27.0 Å². The number of sulfone groups is 2. The van der Waals surface area contributed by atoms with E-state index in [1.165, 1.54) is 0 Å². The first kappa shape index (κ1) is 14.9. The third-order valence-electron chi connectivity index (χ3n) is 2.85. The maximum absolute atomic E-state index is 11.3. The Morgan fingerprint density at radius 3 is 1.28 bits per heavy atom.